The fraction of sp³-hybridized carbons (Fsp3) is 0.675. The molecule has 6 heteroatoms. The van der Waals surface area contributed by atoms with Crippen LogP contribution in [0.25, 0.3) is 0 Å². The highest BCUT2D eigenvalue weighted by Crippen LogP contribution is 2.17. The number of carbonyl (C=O) groups excluding carboxylic acids is 3. The minimum absolute atomic E-state index is 0.0821. The van der Waals surface area contributed by atoms with Gasteiger partial charge in [-0.15, -0.1) is 0 Å². The van der Waals surface area contributed by atoms with E-state index in [1.165, 1.54) is 141 Å². The smallest absolute Gasteiger partial charge is 0.306 e. The van der Waals surface area contributed by atoms with Gasteiger partial charge in [-0.25, -0.2) is 0 Å². The van der Waals surface area contributed by atoms with Gasteiger partial charge in [-0.3, -0.25) is 14.4 Å². The van der Waals surface area contributed by atoms with Gasteiger partial charge in [0.25, 0.3) is 0 Å². The van der Waals surface area contributed by atoms with Crippen LogP contribution in [0.2, 0.25) is 0 Å². The van der Waals surface area contributed by atoms with Gasteiger partial charge >= 0.3 is 17.9 Å². The van der Waals surface area contributed by atoms with Crippen molar-refractivity contribution in [2.45, 2.75) is 322 Å². The zero-order valence-corrected chi connectivity index (χ0v) is 54.2. The Bertz CT molecular complexity index is 1750. The Morgan fingerprint density at radius 2 is 0.470 bits per heavy atom. The monoisotopic (exact) mass is 1150 g/mol. The zero-order valence-electron chi connectivity index (χ0n) is 54.2. The van der Waals surface area contributed by atoms with E-state index in [0.29, 0.717) is 19.3 Å². The number of ether oxygens (including phenoxy) is 3. The second kappa shape index (κ2) is 70.0. The molecule has 0 aromatic rings. The molecule has 0 amide bonds. The Balaban J connectivity index is 4.17. The van der Waals surface area contributed by atoms with Gasteiger partial charge in [0.1, 0.15) is 13.2 Å². The molecule has 0 saturated heterocycles. The summed E-state index contributed by atoms with van der Waals surface area (Å²) in [6, 6.07) is 0. The highest BCUT2D eigenvalue weighted by molar-refractivity contribution is 5.71. The summed E-state index contributed by atoms with van der Waals surface area (Å²) in [5, 5.41) is 0. The van der Waals surface area contributed by atoms with Gasteiger partial charge < -0.3 is 14.2 Å². The lowest BCUT2D eigenvalue weighted by molar-refractivity contribution is -0.167. The summed E-state index contributed by atoms with van der Waals surface area (Å²) in [5.41, 5.74) is 0. The average Bonchev–Trinajstić information content (AvgIpc) is 3.49. The van der Waals surface area contributed by atoms with Crippen LogP contribution in [0.1, 0.15) is 316 Å². The van der Waals surface area contributed by atoms with Crippen molar-refractivity contribution in [3.8, 4) is 0 Å². The molecule has 83 heavy (non-hydrogen) atoms. The molecule has 0 spiro atoms. The first kappa shape index (κ1) is 78.5. The summed E-state index contributed by atoms with van der Waals surface area (Å²) in [6.07, 6.45) is 99.1. The minimum Gasteiger partial charge on any atom is -0.462 e. The first-order valence-electron chi connectivity index (χ1n) is 34.7. The third-order valence-corrected chi connectivity index (χ3v) is 14.7. The first-order chi connectivity index (χ1) is 41.0. The lowest BCUT2D eigenvalue weighted by Crippen LogP contribution is -2.30. The van der Waals surface area contributed by atoms with Crippen molar-refractivity contribution in [3.63, 3.8) is 0 Å². The molecule has 0 aliphatic carbocycles. The molecular weight excluding hydrogens is 1020 g/mol. The third kappa shape index (κ3) is 68.2. The summed E-state index contributed by atoms with van der Waals surface area (Å²) in [5.74, 6) is -0.889. The van der Waals surface area contributed by atoms with E-state index < -0.39 is 6.10 Å². The summed E-state index contributed by atoms with van der Waals surface area (Å²) >= 11 is 0. The lowest BCUT2D eigenvalue weighted by Gasteiger charge is -2.18. The van der Waals surface area contributed by atoms with Crippen LogP contribution in [0.15, 0.2) is 134 Å². The molecule has 0 N–H and O–H groups in total. The summed E-state index contributed by atoms with van der Waals surface area (Å²) < 4.78 is 16.9. The largest absolute Gasteiger partial charge is 0.462 e. The van der Waals surface area contributed by atoms with E-state index in [4.69, 9.17) is 14.2 Å². The number of carbonyl (C=O) groups is 3. The number of allylic oxidation sites excluding steroid dienone is 22. The van der Waals surface area contributed by atoms with Crippen molar-refractivity contribution in [2.24, 2.45) is 0 Å². The van der Waals surface area contributed by atoms with Crippen LogP contribution < -0.4 is 0 Å². The number of hydrogen-bond donors (Lipinski definition) is 0. The highest BCUT2D eigenvalue weighted by atomic mass is 16.6. The van der Waals surface area contributed by atoms with Gasteiger partial charge in [0.05, 0.1) is 0 Å². The summed E-state index contributed by atoms with van der Waals surface area (Å²) in [6.45, 7) is 6.40. The standard InChI is InChI=1S/C77H128O6/c1-4-7-10-13-16-19-21-23-25-27-29-31-33-34-35-36-37-38-39-40-41-42-44-45-47-49-51-53-55-58-61-64-67-70-76(79)82-73-74(72-81-75(78)69-66-63-60-57-18-15-12-9-6-3)83-77(80)71-68-65-62-59-56-54-52-50-48-46-43-32-30-28-26-24-22-20-17-14-11-8-5-2/h7-8,10-11,16-17,19-20,23-26,29-32,34-35,37-38,46,48,74H,4-6,9,12-15,18,21-22,27-28,33,36,39-45,47,49-73H2,1-3H3/b10-7-,11-8-,19-16-,20-17-,25-23-,26-24-,31-29-,32-30-,35-34-,38-37-,48-46-. The molecule has 0 radical (unpaired) electrons. The molecule has 0 aliphatic heterocycles. The van der Waals surface area contributed by atoms with E-state index in [1.54, 1.807) is 0 Å². The molecule has 0 heterocycles. The van der Waals surface area contributed by atoms with E-state index in [2.05, 4.69) is 154 Å². The van der Waals surface area contributed by atoms with Crippen LogP contribution in [0.5, 0.6) is 0 Å². The molecule has 1 unspecified atom stereocenters. The Labute approximate surface area is 513 Å². The molecule has 6 nitrogen and oxygen atoms in total. The molecular formula is C77H128O6. The molecule has 0 saturated carbocycles. The van der Waals surface area contributed by atoms with Gasteiger partial charge in [-0.2, -0.15) is 0 Å². The molecule has 0 bridgehead atoms. The SMILES string of the molecule is CC/C=C\C/C=C\C/C=C\C/C=C\C/C=C\C/C=C\CCCCCCCCCCCCCCCCC(=O)OCC(COC(=O)CCCCCCCCCCC)OC(=O)CCCCCCCCC/C=C\C/C=C\C/C=C\C/C=C\C/C=C\CC. The first-order valence-corrected chi connectivity index (χ1v) is 34.7. The van der Waals surface area contributed by atoms with Gasteiger partial charge in [0.2, 0.25) is 0 Å². The van der Waals surface area contributed by atoms with E-state index in [-0.39, 0.29) is 31.1 Å². The molecule has 0 fully saturated rings. The average molecular weight is 1150 g/mol. The van der Waals surface area contributed by atoms with Crippen LogP contribution in [-0.4, -0.2) is 37.2 Å². The number of esters is 3. The van der Waals surface area contributed by atoms with Gasteiger partial charge in [-0.05, 0) is 116 Å². The van der Waals surface area contributed by atoms with Crippen LogP contribution in [0, 0.1) is 0 Å². The quantitative estimate of drug-likeness (QED) is 0.0261. The van der Waals surface area contributed by atoms with E-state index in [1.807, 2.05) is 0 Å². The maximum atomic E-state index is 12.9. The van der Waals surface area contributed by atoms with Crippen molar-refractivity contribution in [2.75, 3.05) is 13.2 Å². The van der Waals surface area contributed by atoms with Crippen LogP contribution in [0.3, 0.4) is 0 Å². The molecule has 0 aliphatic rings. The molecule has 0 aromatic heterocycles. The lowest BCUT2D eigenvalue weighted by atomic mass is 10.0. The number of unbranched alkanes of at least 4 members (excludes halogenated alkanes) is 29. The fourth-order valence-corrected chi connectivity index (χ4v) is 9.53. The second-order valence-electron chi connectivity index (χ2n) is 22.7. The maximum absolute atomic E-state index is 12.9. The Hall–Kier alpha value is -4.45. The number of rotatable bonds is 62. The zero-order chi connectivity index (χ0) is 59.9. The Morgan fingerprint density at radius 3 is 0.735 bits per heavy atom. The van der Waals surface area contributed by atoms with Crippen molar-refractivity contribution in [3.05, 3.63) is 134 Å². The predicted molar refractivity (Wildman–Crippen MR) is 362 cm³/mol. The van der Waals surface area contributed by atoms with Gasteiger partial charge in [-0.1, -0.05) is 315 Å². The molecule has 1 atom stereocenters. The van der Waals surface area contributed by atoms with Gasteiger partial charge in [0, 0.05) is 19.3 Å². The van der Waals surface area contributed by atoms with Crippen LogP contribution >= 0.6 is 0 Å². The maximum Gasteiger partial charge on any atom is 0.306 e. The fourth-order valence-electron chi connectivity index (χ4n) is 9.53. The minimum atomic E-state index is -0.786. The second-order valence-corrected chi connectivity index (χ2v) is 22.7. The topological polar surface area (TPSA) is 78.9 Å². The van der Waals surface area contributed by atoms with Crippen LogP contribution in [-0.2, 0) is 28.6 Å². The van der Waals surface area contributed by atoms with Gasteiger partial charge in [0.15, 0.2) is 6.10 Å². The van der Waals surface area contributed by atoms with Crippen molar-refractivity contribution < 1.29 is 28.6 Å². The number of hydrogen-bond acceptors (Lipinski definition) is 6. The normalized spacial score (nSPS) is 13.0. The van der Waals surface area contributed by atoms with E-state index in [0.717, 1.165) is 135 Å². The molecule has 0 rings (SSSR count). The van der Waals surface area contributed by atoms with Crippen LogP contribution in [0.4, 0.5) is 0 Å². The third-order valence-electron chi connectivity index (χ3n) is 14.7. The Kier molecular flexibility index (Phi) is 66.3. The van der Waals surface area contributed by atoms with Crippen molar-refractivity contribution in [1.29, 1.82) is 0 Å². The molecule has 0 aromatic carbocycles. The predicted octanol–water partition coefficient (Wildman–Crippen LogP) is 24.1. The Morgan fingerprint density at radius 1 is 0.253 bits per heavy atom. The molecule has 472 valence electrons. The van der Waals surface area contributed by atoms with E-state index in [9.17, 15) is 14.4 Å². The highest BCUT2D eigenvalue weighted by Gasteiger charge is 2.19. The van der Waals surface area contributed by atoms with Crippen molar-refractivity contribution >= 4 is 17.9 Å². The summed E-state index contributed by atoms with van der Waals surface area (Å²) in [7, 11) is 0. The van der Waals surface area contributed by atoms with E-state index >= 15 is 0 Å². The van der Waals surface area contributed by atoms with Crippen molar-refractivity contribution in [1.82, 2.24) is 0 Å². The summed E-state index contributed by atoms with van der Waals surface area (Å²) in [4.78, 5) is 38.3.